The average molecular weight is 330 g/mol. The van der Waals surface area contributed by atoms with Crippen LogP contribution in [0.2, 0.25) is 5.02 Å². The summed E-state index contributed by atoms with van der Waals surface area (Å²) in [4.78, 5) is 16.2. The third kappa shape index (κ3) is 2.70. The topological polar surface area (TPSA) is 54.0 Å². The lowest BCUT2D eigenvalue weighted by atomic mass is 9.94. The summed E-state index contributed by atoms with van der Waals surface area (Å²) in [6, 6.07) is 6.11. The number of fused-ring (bicyclic) bond motifs is 1. The number of aldehydes is 1. The monoisotopic (exact) mass is 329 g/mol. The first-order valence-corrected chi connectivity index (χ1v) is 8.62. The van der Waals surface area contributed by atoms with Crippen LogP contribution < -0.4 is 10.6 Å². The lowest BCUT2D eigenvalue weighted by Gasteiger charge is -2.27. The Kier molecular flexibility index (Phi) is 3.74. The molecule has 1 atom stereocenters. The molecule has 2 aromatic rings. The van der Waals surface area contributed by atoms with Gasteiger partial charge in [0.2, 0.25) is 0 Å². The normalized spacial score (nSPS) is 22.7. The minimum atomic E-state index is -0.353. The molecule has 1 aliphatic heterocycles. The highest BCUT2D eigenvalue weighted by atomic mass is 35.5. The van der Waals surface area contributed by atoms with Crippen molar-refractivity contribution in [3.63, 3.8) is 0 Å². The van der Waals surface area contributed by atoms with Crippen LogP contribution >= 0.6 is 11.6 Å². The third-order valence-corrected chi connectivity index (χ3v) is 5.26. The summed E-state index contributed by atoms with van der Waals surface area (Å²) < 4.78 is 0. The molecule has 5 heteroatoms. The van der Waals surface area contributed by atoms with E-state index in [0.717, 1.165) is 67.2 Å². The fraction of sp³-hybridized carbons (Fsp3) is 0.444. The highest BCUT2D eigenvalue weighted by molar-refractivity contribution is 6.31. The summed E-state index contributed by atoms with van der Waals surface area (Å²) in [5.74, 6) is 0. The molecule has 23 heavy (non-hydrogen) atoms. The second-order valence-electron chi connectivity index (χ2n) is 6.67. The maximum atomic E-state index is 11.6. The van der Waals surface area contributed by atoms with Crippen molar-refractivity contribution in [2.24, 2.45) is 0 Å². The number of carbonyl (C=O) groups excluding carboxylic acids is 1. The molecule has 2 N–H and O–H groups in total. The Morgan fingerprint density at radius 1 is 1.39 bits per heavy atom. The Morgan fingerprint density at radius 3 is 2.96 bits per heavy atom. The molecule has 1 saturated carbocycles. The zero-order valence-electron chi connectivity index (χ0n) is 12.9. The van der Waals surface area contributed by atoms with Crippen LogP contribution in [0, 0.1) is 0 Å². The summed E-state index contributed by atoms with van der Waals surface area (Å²) in [6.45, 7) is 2.02. The van der Waals surface area contributed by atoms with Crippen molar-refractivity contribution in [3.8, 4) is 0 Å². The van der Waals surface area contributed by atoms with Crippen LogP contribution in [0.5, 0.6) is 0 Å². The van der Waals surface area contributed by atoms with Gasteiger partial charge in [0.1, 0.15) is 6.29 Å². The smallest absolute Gasteiger partial charge is 0.130 e. The number of piperidine rings is 1. The molecular formula is C18H20ClN3O. The second kappa shape index (κ2) is 5.77. The molecule has 1 aromatic carbocycles. The summed E-state index contributed by atoms with van der Waals surface area (Å²) in [7, 11) is 0. The van der Waals surface area contributed by atoms with Gasteiger partial charge in [0.25, 0.3) is 0 Å². The number of pyridine rings is 1. The first-order chi connectivity index (χ1) is 11.2. The number of aromatic nitrogens is 1. The molecule has 2 aliphatic rings. The molecule has 0 radical (unpaired) electrons. The fourth-order valence-corrected chi connectivity index (χ4v) is 3.63. The summed E-state index contributed by atoms with van der Waals surface area (Å²) >= 11 is 6.21. The van der Waals surface area contributed by atoms with Crippen LogP contribution in [-0.2, 0) is 10.2 Å². The fourth-order valence-electron chi connectivity index (χ4n) is 3.46. The van der Waals surface area contributed by atoms with Gasteiger partial charge in [0.15, 0.2) is 0 Å². The predicted molar refractivity (Wildman–Crippen MR) is 93.2 cm³/mol. The van der Waals surface area contributed by atoms with E-state index in [1.807, 2.05) is 24.4 Å². The van der Waals surface area contributed by atoms with Crippen molar-refractivity contribution in [1.29, 1.82) is 0 Å². The van der Waals surface area contributed by atoms with E-state index in [0.29, 0.717) is 11.1 Å². The maximum Gasteiger partial charge on any atom is 0.130 e. The van der Waals surface area contributed by atoms with Crippen LogP contribution in [0.15, 0.2) is 24.4 Å². The quantitative estimate of drug-likeness (QED) is 0.845. The highest BCUT2D eigenvalue weighted by Gasteiger charge is 2.46. The molecule has 0 bridgehead atoms. The van der Waals surface area contributed by atoms with Crippen LogP contribution in [0.25, 0.3) is 10.9 Å². The largest absolute Gasteiger partial charge is 0.380 e. The van der Waals surface area contributed by atoms with Gasteiger partial charge in [-0.2, -0.15) is 0 Å². The summed E-state index contributed by atoms with van der Waals surface area (Å²) in [5.41, 5.74) is 2.61. The number of benzene rings is 1. The number of anilines is 1. The first kappa shape index (κ1) is 14.9. The Labute approximate surface area is 140 Å². The van der Waals surface area contributed by atoms with E-state index in [2.05, 4.69) is 15.6 Å². The maximum absolute atomic E-state index is 11.6. The van der Waals surface area contributed by atoms with Crippen molar-refractivity contribution in [2.45, 2.75) is 37.1 Å². The lowest BCUT2D eigenvalue weighted by Crippen LogP contribution is -2.38. The lowest BCUT2D eigenvalue weighted by molar-refractivity contribution is -0.109. The van der Waals surface area contributed by atoms with Crippen molar-refractivity contribution in [1.82, 2.24) is 10.3 Å². The molecule has 120 valence electrons. The van der Waals surface area contributed by atoms with Gasteiger partial charge >= 0.3 is 0 Å². The number of hydrogen-bond acceptors (Lipinski definition) is 4. The Hall–Kier alpha value is -1.65. The van der Waals surface area contributed by atoms with E-state index < -0.39 is 0 Å². The van der Waals surface area contributed by atoms with Gasteiger partial charge in [0, 0.05) is 40.4 Å². The van der Waals surface area contributed by atoms with Crippen LogP contribution in [-0.4, -0.2) is 30.4 Å². The average Bonchev–Trinajstić information content (AvgIpc) is 3.37. The molecule has 1 aliphatic carbocycles. The van der Waals surface area contributed by atoms with Gasteiger partial charge in [-0.15, -0.1) is 0 Å². The van der Waals surface area contributed by atoms with Gasteiger partial charge in [-0.05, 0) is 50.4 Å². The first-order valence-electron chi connectivity index (χ1n) is 8.24. The van der Waals surface area contributed by atoms with E-state index >= 15 is 0 Å². The van der Waals surface area contributed by atoms with Crippen molar-refractivity contribution in [2.75, 3.05) is 18.4 Å². The Morgan fingerprint density at radius 2 is 2.26 bits per heavy atom. The van der Waals surface area contributed by atoms with Gasteiger partial charge in [-0.1, -0.05) is 11.6 Å². The van der Waals surface area contributed by atoms with Gasteiger partial charge in [-0.3, -0.25) is 4.98 Å². The van der Waals surface area contributed by atoms with E-state index in [1.165, 1.54) is 0 Å². The third-order valence-electron chi connectivity index (χ3n) is 5.03. The van der Waals surface area contributed by atoms with Crippen LogP contribution in [0.4, 0.5) is 5.69 Å². The van der Waals surface area contributed by atoms with Gasteiger partial charge < -0.3 is 15.4 Å². The molecule has 4 rings (SSSR count). The standard InChI is InChI=1S/C18H20ClN3O/c19-12-3-4-16-14(8-12)17(22-13-2-1-7-20-9-13)15(10-21-16)18(11-23)5-6-18/h3-4,8,10-11,13,20H,1-2,5-7,9H2,(H,21,22). The zero-order chi connectivity index (χ0) is 15.9. The summed E-state index contributed by atoms with van der Waals surface area (Å²) in [6.07, 6.45) is 7.06. The molecule has 0 amide bonds. The Bertz CT molecular complexity index is 751. The van der Waals surface area contributed by atoms with Crippen molar-refractivity contribution < 1.29 is 4.79 Å². The van der Waals surface area contributed by atoms with E-state index in [-0.39, 0.29) is 5.41 Å². The number of hydrogen-bond donors (Lipinski definition) is 2. The van der Waals surface area contributed by atoms with E-state index in [4.69, 9.17) is 11.6 Å². The molecule has 2 fully saturated rings. The van der Waals surface area contributed by atoms with Gasteiger partial charge in [-0.25, -0.2) is 0 Å². The minimum absolute atomic E-state index is 0.353. The molecular weight excluding hydrogens is 310 g/mol. The summed E-state index contributed by atoms with van der Waals surface area (Å²) in [5, 5.41) is 8.81. The van der Waals surface area contributed by atoms with Crippen molar-refractivity contribution in [3.05, 3.63) is 35.0 Å². The molecule has 1 unspecified atom stereocenters. The predicted octanol–water partition coefficient (Wildman–Crippen LogP) is 3.28. The minimum Gasteiger partial charge on any atom is -0.380 e. The number of carbonyl (C=O) groups is 1. The number of rotatable bonds is 4. The number of nitrogens with zero attached hydrogens (tertiary/aromatic N) is 1. The van der Waals surface area contributed by atoms with E-state index in [9.17, 15) is 4.79 Å². The molecule has 4 nitrogen and oxygen atoms in total. The van der Waals surface area contributed by atoms with Crippen molar-refractivity contribution >= 4 is 34.5 Å². The molecule has 1 aromatic heterocycles. The zero-order valence-corrected chi connectivity index (χ0v) is 13.7. The van der Waals surface area contributed by atoms with Crippen LogP contribution in [0.3, 0.4) is 0 Å². The number of halogens is 1. The number of nitrogens with one attached hydrogen (secondary N) is 2. The molecule has 1 saturated heterocycles. The SMILES string of the molecule is O=CC1(c2cnc3ccc(Cl)cc3c2NC2CCCNC2)CC1. The van der Waals surface area contributed by atoms with E-state index in [1.54, 1.807) is 0 Å². The van der Waals surface area contributed by atoms with Gasteiger partial charge in [0.05, 0.1) is 10.9 Å². The Balaban J connectivity index is 1.83. The second-order valence-corrected chi connectivity index (χ2v) is 7.11. The highest BCUT2D eigenvalue weighted by Crippen LogP contribution is 2.50. The van der Waals surface area contributed by atoms with Crippen LogP contribution in [0.1, 0.15) is 31.2 Å². The molecule has 0 spiro atoms. The molecule has 2 heterocycles.